The Balaban J connectivity index is 2.29. The summed E-state index contributed by atoms with van der Waals surface area (Å²) in [7, 11) is 1.69. The van der Waals surface area contributed by atoms with E-state index in [4.69, 9.17) is 10.6 Å². The van der Waals surface area contributed by atoms with Gasteiger partial charge in [0.05, 0.1) is 13.2 Å². The lowest BCUT2D eigenvalue weighted by Crippen LogP contribution is -2.30. The van der Waals surface area contributed by atoms with Crippen molar-refractivity contribution in [2.45, 2.75) is 33.2 Å². The van der Waals surface area contributed by atoms with E-state index in [1.165, 1.54) is 5.56 Å². The first kappa shape index (κ1) is 15.5. The second kappa shape index (κ2) is 6.70. The van der Waals surface area contributed by atoms with Crippen LogP contribution in [0.25, 0.3) is 0 Å². The molecule has 0 radical (unpaired) electrons. The summed E-state index contributed by atoms with van der Waals surface area (Å²) in [6.45, 7) is 6.11. The van der Waals surface area contributed by atoms with Crippen LogP contribution in [0, 0.1) is 20.8 Å². The number of aromatic nitrogens is 1. The van der Waals surface area contributed by atoms with Crippen LogP contribution in [-0.2, 0) is 6.42 Å². The van der Waals surface area contributed by atoms with E-state index in [-0.39, 0.29) is 6.04 Å². The Morgan fingerprint density at radius 2 is 1.86 bits per heavy atom. The summed E-state index contributed by atoms with van der Waals surface area (Å²) >= 11 is 0. The molecule has 4 nitrogen and oxygen atoms in total. The van der Waals surface area contributed by atoms with Crippen LogP contribution in [0.3, 0.4) is 0 Å². The fourth-order valence-electron chi connectivity index (χ4n) is 2.54. The average Bonchev–Trinajstić information content (AvgIpc) is 2.48. The SMILES string of the molecule is COc1c(C)cnc(CC(NN)c2ccc(C)cc2)c1C. The maximum atomic E-state index is 5.73. The van der Waals surface area contributed by atoms with Gasteiger partial charge in [-0.3, -0.25) is 16.3 Å². The number of hydrogen-bond donors (Lipinski definition) is 2. The number of nitrogens with one attached hydrogen (secondary N) is 1. The number of hydrogen-bond acceptors (Lipinski definition) is 4. The molecule has 1 unspecified atom stereocenters. The molecule has 0 amide bonds. The maximum Gasteiger partial charge on any atom is 0.128 e. The van der Waals surface area contributed by atoms with Gasteiger partial charge in [0.2, 0.25) is 0 Å². The van der Waals surface area contributed by atoms with Crippen LogP contribution >= 0.6 is 0 Å². The van der Waals surface area contributed by atoms with E-state index in [1.54, 1.807) is 7.11 Å². The first-order valence-electron chi connectivity index (χ1n) is 7.08. The molecule has 3 N–H and O–H groups in total. The lowest BCUT2D eigenvalue weighted by molar-refractivity contribution is 0.406. The van der Waals surface area contributed by atoms with Crippen LogP contribution in [0.15, 0.2) is 30.5 Å². The van der Waals surface area contributed by atoms with Gasteiger partial charge in [0.1, 0.15) is 5.75 Å². The third-order valence-corrected chi connectivity index (χ3v) is 3.83. The molecule has 2 aromatic rings. The van der Waals surface area contributed by atoms with Gasteiger partial charge < -0.3 is 4.74 Å². The molecule has 0 aliphatic heterocycles. The van der Waals surface area contributed by atoms with Gasteiger partial charge in [-0.25, -0.2) is 0 Å². The van der Waals surface area contributed by atoms with Crippen molar-refractivity contribution in [1.29, 1.82) is 0 Å². The van der Waals surface area contributed by atoms with Crippen LogP contribution in [0.4, 0.5) is 0 Å². The summed E-state index contributed by atoms with van der Waals surface area (Å²) in [5, 5.41) is 0. The minimum absolute atomic E-state index is 0.0317. The average molecular weight is 285 g/mol. The van der Waals surface area contributed by atoms with E-state index in [0.717, 1.165) is 34.6 Å². The molecule has 0 aliphatic rings. The van der Waals surface area contributed by atoms with Gasteiger partial charge >= 0.3 is 0 Å². The van der Waals surface area contributed by atoms with Gasteiger partial charge in [0, 0.05) is 29.4 Å². The number of benzene rings is 1. The minimum atomic E-state index is 0.0317. The standard InChI is InChI=1S/C17H23N3O/c1-11-5-7-14(8-6-11)16(20-18)9-15-13(3)17(21-4)12(2)10-19-15/h5-8,10,16,20H,9,18H2,1-4H3. The predicted molar refractivity (Wildman–Crippen MR) is 85.2 cm³/mol. The molecular formula is C17H23N3O. The molecule has 0 bridgehead atoms. The molecule has 21 heavy (non-hydrogen) atoms. The second-order valence-corrected chi connectivity index (χ2v) is 5.38. The van der Waals surface area contributed by atoms with Crippen molar-refractivity contribution in [3.8, 4) is 5.75 Å². The molecule has 1 heterocycles. The maximum absolute atomic E-state index is 5.73. The van der Waals surface area contributed by atoms with Gasteiger partial charge in [-0.2, -0.15) is 0 Å². The highest BCUT2D eigenvalue weighted by Gasteiger charge is 2.16. The number of nitrogens with two attached hydrogens (primary N) is 1. The zero-order valence-electron chi connectivity index (χ0n) is 13.1. The zero-order chi connectivity index (χ0) is 15.4. The van der Waals surface area contributed by atoms with Crippen LogP contribution in [0.5, 0.6) is 5.75 Å². The van der Waals surface area contributed by atoms with Gasteiger partial charge in [-0.15, -0.1) is 0 Å². The van der Waals surface area contributed by atoms with Crippen LogP contribution in [-0.4, -0.2) is 12.1 Å². The molecule has 1 aromatic carbocycles. The smallest absolute Gasteiger partial charge is 0.128 e. The topological polar surface area (TPSA) is 60.2 Å². The van der Waals surface area contributed by atoms with E-state index in [1.807, 2.05) is 20.0 Å². The molecule has 0 aliphatic carbocycles. The number of aryl methyl sites for hydroxylation is 2. The molecule has 4 heteroatoms. The lowest BCUT2D eigenvalue weighted by Gasteiger charge is -2.19. The van der Waals surface area contributed by atoms with Crippen molar-refractivity contribution in [3.63, 3.8) is 0 Å². The third kappa shape index (κ3) is 3.40. The van der Waals surface area contributed by atoms with Crippen LogP contribution < -0.4 is 16.0 Å². The Bertz CT molecular complexity index is 608. The molecule has 1 aromatic heterocycles. The van der Waals surface area contributed by atoms with Crippen molar-refractivity contribution in [2.24, 2.45) is 5.84 Å². The highest BCUT2D eigenvalue weighted by molar-refractivity contribution is 5.41. The van der Waals surface area contributed by atoms with Crippen molar-refractivity contribution in [2.75, 3.05) is 7.11 Å². The molecule has 0 fully saturated rings. The fraction of sp³-hybridized carbons (Fsp3) is 0.353. The van der Waals surface area contributed by atoms with Crippen molar-refractivity contribution in [3.05, 3.63) is 58.4 Å². The first-order chi connectivity index (χ1) is 10.1. The van der Waals surface area contributed by atoms with Crippen LogP contribution in [0.2, 0.25) is 0 Å². The Labute approximate surface area is 126 Å². The van der Waals surface area contributed by atoms with E-state index < -0.39 is 0 Å². The highest BCUT2D eigenvalue weighted by Crippen LogP contribution is 2.27. The number of hydrazine groups is 1. The normalized spacial score (nSPS) is 12.2. The van der Waals surface area contributed by atoms with Gasteiger partial charge in [0.15, 0.2) is 0 Å². The van der Waals surface area contributed by atoms with Crippen molar-refractivity contribution < 1.29 is 4.74 Å². The molecule has 0 spiro atoms. The Morgan fingerprint density at radius 3 is 2.43 bits per heavy atom. The summed E-state index contributed by atoms with van der Waals surface area (Å²) in [5.41, 5.74) is 8.40. The molecule has 0 saturated heterocycles. The van der Waals surface area contributed by atoms with Gasteiger partial charge in [-0.1, -0.05) is 29.8 Å². The van der Waals surface area contributed by atoms with E-state index in [0.29, 0.717) is 0 Å². The number of ether oxygens (including phenoxy) is 1. The van der Waals surface area contributed by atoms with Crippen LogP contribution in [0.1, 0.15) is 34.0 Å². The van der Waals surface area contributed by atoms with Crippen molar-refractivity contribution >= 4 is 0 Å². The van der Waals surface area contributed by atoms with E-state index in [2.05, 4.69) is 41.6 Å². The summed E-state index contributed by atoms with van der Waals surface area (Å²) in [4.78, 5) is 4.54. The number of pyridine rings is 1. The number of rotatable bonds is 5. The van der Waals surface area contributed by atoms with E-state index >= 15 is 0 Å². The van der Waals surface area contributed by atoms with Crippen molar-refractivity contribution in [1.82, 2.24) is 10.4 Å². The summed E-state index contributed by atoms with van der Waals surface area (Å²) in [6.07, 6.45) is 2.58. The zero-order valence-corrected chi connectivity index (χ0v) is 13.1. The molecule has 0 saturated carbocycles. The summed E-state index contributed by atoms with van der Waals surface area (Å²) in [6, 6.07) is 8.41. The first-order valence-corrected chi connectivity index (χ1v) is 7.08. The summed E-state index contributed by atoms with van der Waals surface area (Å²) in [5.74, 6) is 6.63. The Hall–Kier alpha value is -1.91. The highest BCUT2D eigenvalue weighted by atomic mass is 16.5. The quantitative estimate of drug-likeness (QED) is 0.655. The molecule has 1 atom stereocenters. The summed E-state index contributed by atoms with van der Waals surface area (Å²) < 4.78 is 5.46. The minimum Gasteiger partial charge on any atom is -0.496 e. The second-order valence-electron chi connectivity index (χ2n) is 5.38. The monoisotopic (exact) mass is 285 g/mol. The Kier molecular flexibility index (Phi) is 4.94. The third-order valence-electron chi connectivity index (χ3n) is 3.83. The van der Waals surface area contributed by atoms with E-state index in [9.17, 15) is 0 Å². The molecule has 112 valence electrons. The van der Waals surface area contributed by atoms with Gasteiger partial charge in [-0.05, 0) is 26.3 Å². The Morgan fingerprint density at radius 1 is 1.19 bits per heavy atom. The largest absolute Gasteiger partial charge is 0.496 e. The molecular weight excluding hydrogens is 262 g/mol. The molecule has 2 rings (SSSR count). The number of methoxy groups -OCH3 is 1. The fourth-order valence-corrected chi connectivity index (χ4v) is 2.54. The predicted octanol–water partition coefficient (Wildman–Crippen LogP) is 2.76. The number of nitrogens with zero attached hydrogens (tertiary/aromatic N) is 1. The lowest BCUT2D eigenvalue weighted by atomic mass is 9.98. The van der Waals surface area contributed by atoms with Gasteiger partial charge in [0.25, 0.3) is 0 Å².